The summed E-state index contributed by atoms with van der Waals surface area (Å²) in [5.41, 5.74) is 5.79. The maximum atomic E-state index is 12.5. The van der Waals surface area contributed by atoms with E-state index in [9.17, 15) is 29.1 Å². The zero-order valence-electron chi connectivity index (χ0n) is 18.1. The van der Waals surface area contributed by atoms with E-state index in [0.29, 0.717) is 6.42 Å². The highest BCUT2D eigenvalue weighted by atomic mass is 16.4. The first-order valence-electron chi connectivity index (χ1n) is 9.87. The lowest BCUT2D eigenvalue weighted by Gasteiger charge is -2.26. The van der Waals surface area contributed by atoms with Crippen LogP contribution in [0.1, 0.15) is 53.9 Å². The van der Waals surface area contributed by atoms with Gasteiger partial charge in [0.15, 0.2) is 0 Å². The Bertz CT molecular complexity index is 636. The van der Waals surface area contributed by atoms with Crippen molar-refractivity contribution in [3.63, 3.8) is 0 Å². The van der Waals surface area contributed by atoms with Crippen molar-refractivity contribution in [2.45, 2.75) is 78.0 Å². The van der Waals surface area contributed by atoms with Gasteiger partial charge in [0, 0.05) is 6.42 Å². The number of carboxylic acid groups (broad SMARTS) is 2. The van der Waals surface area contributed by atoms with Crippen molar-refractivity contribution in [3.05, 3.63) is 0 Å². The maximum Gasteiger partial charge on any atom is 0.326 e. The SMILES string of the molecule is CC(C)CC(N)C(=O)NC(C)C(=O)NC(C(=O)NC(CCC(=O)O)C(=O)O)C(C)C. The van der Waals surface area contributed by atoms with E-state index in [1.54, 1.807) is 13.8 Å². The van der Waals surface area contributed by atoms with Gasteiger partial charge >= 0.3 is 11.9 Å². The molecule has 4 atom stereocenters. The first-order chi connectivity index (χ1) is 13.8. The zero-order chi connectivity index (χ0) is 23.6. The molecule has 0 fully saturated rings. The van der Waals surface area contributed by atoms with Gasteiger partial charge in [0.05, 0.1) is 6.04 Å². The van der Waals surface area contributed by atoms with E-state index < -0.39 is 66.2 Å². The summed E-state index contributed by atoms with van der Waals surface area (Å²) in [7, 11) is 0. The van der Waals surface area contributed by atoms with Gasteiger partial charge in [-0.15, -0.1) is 0 Å². The first kappa shape index (κ1) is 27.3. The number of aliphatic carboxylic acids is 2. The zero-order valence-corrected chi connectivity index (χ0v) is 18.1. The Balaban J connectivity index is 5.01. The van der Waals surface area contributed by atoms with Crippen LogP contribution in [0.4, 0.5) is 0 Å². The summed E-state index contributed by atoms with van der Waals surface area (Å²) in [6.45, 7) is 8.57. The van der Waals surface area contributed by atoms with Crippen LogP contribution in [0.5, 0.6) is 0 Å². The van der Waals surface area contributed by atoms with Crippen molar-refractivity contribution in [3.8, 4) is 0 Å². The fourth-order valence-electron chi connectivity index (χ4n) is 2.60. The monoisotopic (exact) mass is 430 g/mol. The van der Waals surface area contributed by atoms with Crippen LogP contribution in [0.25, 0.3) is 0 Å². The van der Waals surface area contributed by atoms with Crippen molar-refractivity contribution in [1.29, 1.82) is 0 Å². The number of nitrogens with one attached hydrogen (secondary N) is 3. The van der Waals surface area contributed by atoms with Crippen LogP contribution >= 0.6 is 0 Å². The summed E-state index contributed by atoms with van der Waals surface area (Å²) in [6, 6.07) is -4.21. The average molecular weight is 431 g/mol. The van der Waals surface area contributed by atoms with Gasteiger partial charge in [0.1, 0.15) is 18.1 Å². The molecule has 0 aliphatic heterocycles. The Labute approximate surface area is 176 Å². The van der Waals surface area contributed by atoms with E-state index in [2.05, 4.69) is 16.0 Å². The van der Waals surface area contributed by atoms with E-state index in [1.165, 1.54) is 6.92 Å². The summed E-state index contributed by atoms with van der Waals surface area (Å²) in [4.78, 5) is 59.0. The second kappa shape index (κ2) is 12.8. The Morgan fingerprint density at radius 2 is 1.40 bits per heavy atom. The molecule has 0 saturated carbocycles. The molecular weight excluding hydrogens is 396 g/mol. The summed E-state index contributed by atoms with van der Waals surface area (Å²) in [6.07, 6.45) is -0.283. The van der Waals surface area contributed by atoms with Gasteiger partial charge in [-0.3, -0.25) is 19.2 Å². The number of carboxylic acids is 2. The van der Waals surface area contributed by atoms with Crippen LogP contribution in [-0.4, -0.2) is 64.0 Å². The summed E-state index contributed by atoms with van der Waals surface area (Å²) < 4.78 is 0. The van der Waals surface area contributed by atoms with Crippen LogP contribution in [-0.2, 0) is 24.0 Å². The topological polar surface area (TPSA) is 188 Å². The molecule has 11 nitrogen and oxygen atoms in total. The van der Waals surface area contributed by atoms with Gasteiger partial charge in [0.2, 0.25) is 17.7 Å². The molecule has 3 amide bonds. The van der Waals surface area contributed by atoms with Crippen molar-refractivity contribution in [2.24, 2.45) is 17.6 Å². The Kier molecular flexibility index (Phi) is 11.6. The number of nitrogens with two attached hydrogens (primary N) is 1. The Morgan fingerprint density at radius 3 is 1.83 bits per heavy atom. The Hall–Kier alpha value is -2.69. The minimum Gasteiger partial charge on any atom is -0.481 e. The molecule has 0 aromatic rings. The van der Waals surface area contributed by atoms with Crippen molar-refractivity contribution in [1.82, 2.24) is 16.0 Å². The second-order valence-corrected chi connectivity index (χ2v) is 8.03. The van der Waals surface area contributed by atoms with Gasteiger partial charge in [-0.05, 0) is 31.6 Å². The fourth-order valence-corrected chi connectivity index (χ4v) is 2.60. The molecule has 30 heavy (non-hydrogen) atoms. The molecule has 0 heterocycles. The lowest BCUT2D eigenvalue weighted by molar-refractivity contribution is -0.143. The smallest absolute Gasteiger partial charge is 0.326 e. The van der Waals surface area contributed by atoms with E-state index >= 15 is 0 Å². The normalized spacial score (nSPS) is 15.1. The number of carbonyl (C=O) groups is 5. The first-order valence-corrected chi connectivity index (χ1v) is 9.87. The standard InChI is InChI=1S/C19H34N4O7/c1-9(2)8-12(20)17(27)21-11(5)16(26)23-15(10(3)4)18(28)22-13(19(29)30)6-7-14(24)25/h9-13,15H,6-8,20H2,1-5H3,(H,21,27)(H,22,28)(H,23,26)(H,24,25)(H,29,30). The molecule has 0 radical (unpaired) electrons. The van der Waals surface area contributed by atoms with Crippen molar-refractivity contribution >= 4 is 29.7 Å². The average Bonchev–Trinajstić information content (AvgIpc) is 2.61. The lowest BCUT2D eigenvalue weighted by Crippen LogP contribution is -2.57. The number of hydrogen-bond acceptors (Lipinski definition) is 6. The third-order valence-corrected chi connectivity index (χ3v) is 4.32. The van der Waals surface area contributed by atoms with E-state index in [4.69, 9.17) is 10.8 Å². The molecule has 0 aliphatic carbocycles. The number of hydrogen-bond donors (Lipinski definition) is 6. The minimum atomic E-state index is -1.40. The highest BCUT2D eigenvalue weighted by molar-refractivity contribution is 5.94. The molecule has 11 heteroatoms. The van der Waals surface area contributed by atoms with Crippen molar-refractivity contribution < 1.29 is 34.2 Å². The molecule has 172 valence electrons. The van der Waals surface area contributed by atoms with Gasteiger partial charge in [-0.1, -0.05) is 27.7 Å². The van der Waals surface area contributed by atoms with Crippen LogP contribution < -0.4 is 21.7 Å². The molecule has 0 aromatic heterocycles. The van der Waals surface area contributed by atoms with Gasteiger partial charge in [-0.25, -0.2) is 4.79 Å². The molecule has 0 aliphatic rings. The van der Waals surface area contributed by atoms with Crippen LogP contribution in [0, 0.1) is 11.8 Å². The van der Waals surface area contributed by atoms with Crippen LogP contribution in [0.2, 0.25) is 0 Å². The largest absolute Gasteiger partial charge is 0.481 e. The highest BCUT2D eigenvalue weighted by Crippen LogP contribution is 2.06. The predicted octanol–water partition coefficient (Wildman–Crippen LogP) is -0.560. The quantitative estimate of drug-likeness (QED) is 0.224. The minimum absolute atomic E-state index is 0.201. The molecule has 0 bridgehead atoms. The molecular formula is C19H34N4O7. The van der Waals surface area contributed by atoms with E-state index in [1.807, 2.05) is 13.8 Å². The van der Waals surface area contributed by atoms with E-state index in [-0.39, 0.29) is 12.3 Å². The van der Waals surface area contributed by atoms with Gasteiger partial charge in [0.25, 0.3) is 0 Å². The molecule has 4 unspecified atom stereocenters. The highest BCUT2D eigenvalue weighted by Gasteiger charge is 2.30. The molecule has 0 saturated heterocycles. The van der Waals surface area contributed by atoms with Crippen molar-refractivity contribution in [2.75, 3.05) is 0 Å². The molecule has 0 spiro atoms. The summed E-state index contributed by atoms with van der Waals surface area (Å²) in [5, 5.41) is 25.1. The van der Waals surface area contributed by atoms with Crippen LogP contribution in [0.15, 0.2) is 0 Å². The predicted molar refractivity (Wildman–Crippen MR) is 108 cm³/mol. The van der Waals surface area contributed by atoms with E-state index in [0.717, 1.165) is 0 Å². The number of carbonyl (C=O) groups excluding carboxylic acids is 3. The van der Waals surface area contributed by atoms with Crippen LogP contribution in [0.3, 0.4) is 0 Å². The molecule has 7 N–H and O–H groups in total. The lowest BCUT2D eigenvalue weighted by atomic mass is 10.0. The third kappa shape index (κ3) is 10.2. The molecule has 0 rings (SSSR count). The third-order valence-electron chi connectivity index (χ3n) is 4.32. The summed E-state index contributed by atoms with van der Waals surface area (Å²) >= 11 is 0. The number of amides is 3. The van der Waals surface area contributed by atoms with Gasteiger partial charge in [-0.2, -0.15) is 0 Å². The second-order valence-electron chi connectivity index (χ2n) is 8.03. The molecule has 0 aromatic carbocycles. The Morgan fingerprint density at radius 1 is 0.833 bits per heavy atom. The maximum absolute atomic E-state index is 12.5. The number of rotatable bonds is 13. The summed E-state index contributed by atoms with van der Waals surface area (Å²) in [5.74, 6) is -4.64. The van der Waals surface area contributed by atoms with Gasteiger partial charge < -0.3 is 31.9 Å². The fraction of sp³-hybridized carbons (Fsp3) is 0.737.